The average Bonchev–Trinajstić information content (AvgIpc) is 2.29. The topological polar surface area (TPSA) is 41.6 Å². The van der Waals surface area contributed by atoms with Gasteiger partial charge < -0.3 is 15.0 Å². The van der Waals surface area contributed by atoms with Crippen molar-refractivity contribution in [2.75, 3.05) is 26.7 Å². The van der Waals surface area contributed by atoms with Crippen LogP contribution in [-0.2, 0) is 4.74 Å². The Morgan fingerprint density at radius 3 is 2.73 bits per heavy atom. The van der Waals surface area contributed by atoms with Gasteiger partial charge in [-0.1, -0.05) is 5.92 Å². The monoisotopic (exact) mass is 210 g/mol. The summed E-state index contributed by atoms with van der Waals surface area (Å²) in [6, 6.07) is 0.532. The van der Waals surface area contributed by atoms with Gasteiger partial charge in [-0.05, 0) is 26.8 Å². The summed E-state index contributed by atoms with van der Waals surface area (Å²) in [5.74, 6) is 5.39. The number of ether oxygens (including phenoxy) is 1. The fraction of sp³-hybridized carbons (Fsp3) is 0.727. The molecule has 4 nitrogen and oxygen atoms in total. The highest BCUT2D eigenvalue weighted by atomic mass is 16.6. The van der Waals surface area contributed by atoms with Gasteiger partial charge in [-0.15, -0.1) is 5.92 Å². The lowest BCUT2D eigenvalue weighted by Gasteiger charge is -2.30. The zero-order valence-corrected chi connectivity index (χ0v) is 9.38. The third kappa shape index (κ3) is 3.80. The fourth-order valence-electron chi connectivity index (χ4n) is 1.61. The molecule has 1 N–H and O–H groups in total. The Bertz CT molecular complexity index is 259. The molecule has 15 heavy (non-hydrogen) atoms. The molecule has 0 saturated carbocycles. The first-order valence-electron chi connectivity index (χ1n) is 5.26. The van der Waals surface area contributed by atoms with Crippen LogP contribution in [0.15, 0.2) is 0 Å². The number of carbonyl (C=O) groups is 1. The summed E-state index contributed by atoms with van der Waals surface area (Å²) in [4.78, 5) is 13.2. The predicted octanol–water partition coefficient (Wildman–Crippen LogP) is 0.830. The number of piperidine rings is 1. The summed E-state index contributed by atoms with van der Waals surface area (Å²) in [7, 11) is 1.95. The molecule has 1 fully saturated rings. The van der Waals surface area contributed by atoms with Gasteiger partial charge in [-0.3, -0.25) is 0 Å². The Kier molecular flexibility index (Phi) is 4.99. The SMILES string of the molecule is CC#CCOC(=O)N1CCC(NC)CC1. The van der Waals surface area contributed by atoms with Crippen molar-refractivity contribution in [2.24, 2.45) is 0 Å². The third-order valence-electron chi connectivity index (χ3n) is 2.61. The van der Waals surface area contributed by atoms with Crippen molar-refractivity contribution in [2.45, 2.75) is 25.8 Å². The number of hydrogen-bond acceptors (Lipinski definition) is 3. The van der Waals surface area contributed by atoms with Gasteiger partial charge in [0.2, 0.25) is 0 Å². The summed E-state index contributed by atoms with van der Waals surface area (Å²) in [6.45, 7) is 3.46. The molecule has 1 aliphatic rings. The van der Waals surface area contributed by atoms with Crippen molar-refractivity contribution in [3.63, 3.8) is 0 Å². The number of nitrogens with zero attached hydrogens (tertiary/aromatic N) is 1. The first-order valence-corrected chi connectivity index (χ1v) is 5.26. The largest absolute Gasteiger partial charge is 0.436 e. The second-order valence-electron chi connectivity index (χ2n) is 3.53. The Labute approximate surface area is 91.0 Å². The average molecular weight is 210 g/mol. The highest BCUT2D eigenvalue weighted by Crippen LogP contribution is 2.10. The molecule has 84 valence electrons. The van der Waals surface area contributed by atoms with Crippen LogP contribution in [0.25, 0.3) is 0 Å². The molecule has 1 aliphatic heterocycles. The molecule has 0 atom stereocenters. The van der Waals surface area contributed by atoms with E-state index < -0.39 is 0 Å². The smallest absolute Gasteiger partial charge is 0.410 e. The minimum atomic E-state index is -0.243. The maximum Gasteiger partial charge on any atom is 0.410 e. The lowest BCUT2D eigenvalue weighted by molar-refractivity contribution is 0.102. The van der Waals surface area contributed by atoms with E-state index in [1.807, 2.05) is 7.05 Å². The summed E-state index contributed by atoms with van der Waals surface area (Å²) in [6.07, 6.45) is 1.74. The van der Waals surface area contributed by atoms with E-state index in [-0.39, 0.29) is 12.7 Å². The molecule has 0 bridgehead atoms. The molecular formula is C11H18N2O2. The van der Waals surface area contributed by atoms with E-state index in [1.54, 1.807) is 11.8 Å². The lowest BCUT2D eigenvalue weighted by atomic mass is 10.1. The van der Waals surface area contributed by atoms with Crippen LogP contribution in [0.2, 0.25) is 0 Å². The Hall–Kier alpha value is -1.21. The van der Waals surface area contributed by atoms with Gasteiger partial charge in [-0.25, -0.2) is 4.79 Å². The summed E-state index contributed by atoms with van der Waals surface area (Å²) in [5.41, 5.74) is 0. The Morgan fingerprint density at radius 2 is 2.20 bits per heavy atom. The molecule has 1 heterocycles. The number of likely N-dealkylation sites (tertiary alicyclic amines) is 1. The minimum Gasteiger partial charge on any atom is -0.436 e. The van der Waals surface area contributed by atoms with Crippen molar-refractivity contribution >= 4 is 6.09 Å². The molecule has 0 radical (unpaired) electrons. The normalized spacial score (nSPS) is 16.8. The van der Waals surface area contributed by atoms with Crippen LogP contribution in [0.1, 0.15) is 19.8 Å². The summed E-state index contributed by atoms with van der Waals surface area (Å²) in [5, 5.41) is 3.21. The second-order valence-corrected chi connectivity index (χ2v) is 3.53. The molecule has 0 aromatic carbocycles. The molecule has 0 unspecified atom stereocenters. The lowest BCUT2D eigenvalue weighted by Crippen LogP contribution is -2.44. The first-order chi connectivity index (χ1) is 7.27. The molecule has 1 rings (SSSR count). The van der Waals surface area contributed by atoms with Gasteiger partial charge >= 0.3 is 6.09 Å². The summed E-state index contributed by atoms with van der Waals surface area (Å²) >= 11 is 0. The highest BCUT2D eigenvalue weighted by Gasteiger charge is 2.22. The maximum absolute atomic E-state index is 11.5. The molecule has 0 aliphatic carbocycles. The van der Waals surface area contributed by atoms with Gasteiger partial charge in [0.25, 0.3) is 0 Å². The van der Waals surface area contributed by atoms with Crippen LogP contribution in [0.4, 0.5) is 4.79 Å². The number of carbonyl (C=O) groups excluding carboxylic acids is 1. The van der Waals surface area contributed by atoms with Gasteiger partial charge in [-0.2, -0.15) is 0 Å². The predicted molar refractivity (Wildman–Crippen MR) is 58.5 cm³/mol. The minimum absolute atomic E-state index is 0.196. The molecule has 1 amide bonds. The fourth-order valence-corrected chi connectivity index (χ4v) is 1.61. The quantitative estimate of drug-likeness (QED) is 0.686. The number of rotatable bonds is 2. The van der Waals surface area contributed by atoms with Gasteiger partial charge in [0.05, 0.1) is 0 Å². The Balaban J connectivity index is 2.25. The van der Waals surface area contributed by atoms with Crippen LogP contribution in [-0.4, -0.2) is 43.8 Å². The van der Waals surface area contributed by atoms with Gasteiger partial charge in [0.1, 0.15) is 0 Å². The van der Waals surface area contributed by atoms with Crippen molar-refractivity contribution in [1.82, 2.24) is 10.2 Å². The van der Waals surface area contributed by atoms with Crippen molar-refractivity contribution < 1.29 is 9.53 Å². The zero-order valence-electron chi connectivity index (χ0n) is 9.38. The van der Waals surface area contributed by atoms with Crippen LogP contribution in [0, 0.1) is 11.8 Å². The van der Waals surface area contributed by atoms with Gasteiger partial charge in [0.15, 0.2) is 6.61 Å². The van der Waals surface area contributed by atoms with Crippen molar-refractivity contribution in [3.05, 3.63) is 0 Å². The maximum atomic E-state index is 11.5. The number of hydrogen-bond donors (Lipinski definition) is 1. The van der Waals surface area contributed by atoms with E-state index in [1.165, 1.54) is 0 Å². The Morgan fingerprint density at radius 1 is 1.53 bits per heavy atom. The summed E-state index contributed by atoms with van der Waals surface area (Å²) < 4.78 is 4.98. The van der Waals surface area contributed by atoms with E-state index in [4.69, 9.17) is 4.74 Å². The zero-order chi connectivity index (χ0) is 11.1. The van der Waals surface area contributed by atoms with Gasteiger partial charge in [0, 0.05) is 19.1 Å². The third-order valence-corrected chi connectivity index (χ3v) is 2.61. The second kappa shape index (κ2) is 6.31. The van der Waals surface area contributed by atoms with Crippen LogP contribution >= 0.6 is 0 Å². The van der Waals surface area contributed by atoms with E-state index in [0.717, 1.165) is 25.9 Å². The molecule has 0 aromatic rings. The molecule has 0 aromatic heterocycles. The van der Waals surface area contributed by atoms with Crippen LogP contribution in [0.3, 0.4) is 0 Å². The van der Waals surface area contributed by atoms with E-state index >= 15 is 0 Å². The van der Waals surface area contributed by atoms with E-state index in [0.29, 0.717) is 6.04 Å². The highest BCUT2D eigenvalue weighted by molar-refractivity contribution is 5.67. The van der Waals surface area contributed by atoms with Crippen molar-refractivity contribution in [3.8, 4) is 11.8 Å². The molecule has 4 heteroatoms. The first kappa shape index (κ1) is 11.9. The van der Waals surface area contributed by atoms with Crippen LogP contribution in [0.5, 0.6) is 0 Å². The van der Waals surface area contributed by atoms with Crippen molar-refractivity contribution in [1.29, 1.82) is 0 Å². The molecule has 1 saturated heterocycles. The molecular weight excluding hydrogens is 192 g/mol. The number of amides is 1. The van der Waals surface area contributed by atoms with Crippen LogP contribution < -0.4 is 5.32 Å². The molecule has 0 spiro atoms. The van der Waals surface area contributed by atoms with E-state index in [2.05, 4.69) is 17.2 Å². The van der Waals surface area contributed by atoms with E-state index in [9.17, 15) is 4.79 Å². The number of nitrogens with one attached hydrogen (secondary N) is 1. The standard InChI is InChI=1S/C11H18N2O2/c1-3-4-9-15-11(14)13-7-5-10(12-2)6-8-13/h10,12H,5-9H2,1-2H3.